The summed E-state index contributed by atoms with van der Waals surface area (Å²) in [6.07, 6.45) is 3.63. The summed E-state index contributed by atoms with van der Waals surface area (Å²) < 4.78 is 26.5. The van der Waals surface area contributed by atoms with Crippen molar-refractivity contribution >= 4 is 27.4 Å². The molecule has 0 aromatic carbocycles. The van der Waals surface area contributed by atoms with E-state index < -0.39 is 27.2 Å². The minimum Gasteiger partial charge on any atom is -0.383 e. The minimum atomic E-state index is -3.42. The SMILES string of the molecule is CCCCN(C(=O)C1CCCN(S(C)(=O)=O)C1)c1c(N)n(CC(C)C)c(=O)[nH]c1=O. The molecule has 1 unspecified atom stereocenters. The molecule has 1 saturated heterocycles. The maximum Gasteiger partial charge on any atom is 0.330 e. The number of nitrogens with one attached hydrogen (secondary N) is 1. The molecule has 1 atom stereocenters. The van der Waals surface area contributed by atoms with Crippen molar-refractivity contribution in [3.8, 4) is 0 Å². The number of nitrogens with zero attached hydrogens (tertiary/aromatic N) is 3. The number of carbonyl (C=O) groups excluding carboxylic acids is 1. The Bertz CT molecular complexity index is 982. The van der Waals surface area contributed by atoms with Gasteiger partial charge in [-0.05, 0) is 25.2 Å². The third kappa shape index (κ3) is 5.51. The van der Waals surface area contributed by atoms with Crippen LogP contribution in [0, 0.1) is 11.8 Å². The van der Waals surface area contributed by atoms with Gasteiger partial charge in [0.2, 0.25) is 15.9 Å². The van der Waals surface area contributed by atoms with Crippen LogP contribution in [-0.4, -0.2) is 54.1 Å². The highest BCUT2D eigenvalue weighted by Gasteiger charge is 2.35. The number of aromatic nitrogens is 2. The largest absolute Gasteiger partial charge is 0.383 e. The smallest absolute Gasteiger partial charge is 0.330 e. The molecule has 0 saturated carbocycles. The van der Waals surface area contributed by atoms with Gasteiger partial charge in [-0.25, -0.2) is 17.5 Å². The molecule has 1 aliphatic rings. The molecule has 1 amide bonds. The van der Waals surface area contributed by atoms with E-state index in [0.717, 1.165) is 12.7 Å². The first-order chi connectivity index (χ1) is 14.0. The molecule has 30 heavy (non-hydrogen) atoms. The van der Waals surface area contributed by atoms with Gasteiger partial charge < -0.3 is 10.6 Å². The van der Waals surface area contributed by atoms with Crippen molar-refractivity contribution in [1.29, 1.82) is 0 Å². The Balaban J connectivity index is 2.49. The molecule has 170 valence electrons. The monoisotopic (exact) mass is 443 g/mol. The van der Waals surface area contributed by atoms with Crippen molar-refractivity contribution in [2.24, 2.45) is 11.8 Å². The number of nitrogens with two attached hydrogens (primary N) is 1. The van der Waals surface area contributed by atoms with Crippen molar-refractivity contribution in [3.63, 3.8) is 0 Å². The highest BCUT2D eigenvalue weighted by molar-refractivity contribution is 7.88. The van der Waals surface area contributed by atoms with Crippen LogP contribution in [0.1, 0.15) is 46.5 Å². The number of piperidine rings is 1. The van der Waals surface area contributed by atoms with Gasteiger partial charge in [0.25, 0.3) is 5.56 Å². The second-order valence-electron chi connectivity index (χ2n) is 8.30. The minimum absolute atomic E-state index is 0.0369. The van der Waals surface area contributed by atoms with Crippen molar-refractivity contribution in [3.05, 3.63) is 20.8 Å². The number of unbranched alkanes of at least 4 members (excludes halogenated alkanes) is 1. The van der Waals surface area contributed by atoms with E-state index in [4.69, 9.17) is 5.73 Å². The number of carbonyl (C=O) groups is 1. The Hall–Kier alpha value is -2.14. The molecule has 1 aromatic heterocycles. The van der Waals surface area contributed by atoms with Crippen LogP contribution < -0.4 is 21.9 Å². The van der Waals surface area contributed by atoms with Crippen molar-refractivity contribution in [1.82, 2.24) is 13.9 Å². The number of H-pyrrole nitrogens is 1. The van der Waals surface area contributed by atoms with Crippen LogP contribution in [-0.2, 0) is 21.4 Å². The summed E-state index contributed by atoms with van der Waals surface area (Å²) >= 11 is 0. The van der Waals surface area contributed by atoms with Crippen LogP contribution in [0.3, 0.4) is 0 Å². The van der Waals surface area contributed by atoms with Gasteiger partial charge in [0.15, 0.2) is 5.69 Å². The zero-order chi connectivity index (χ0) is 22.6. The van der Waals surface area contributed by atoms with Crippen LogP contribution in [0.15, 0.2) is 9.59 Å². The van der Waals surface area contributed by atoms with E-state index in [1.807, 2.05) is 20.8 Å². The van der Waals surface area contributed by atoms with E-state index in [0.29, 0.717) is 32.4 Å². The summed E-state index contributed by atoms with van der Waals surface area (Å²) in [4.78, 5) is 41.9. The molecule has 0 bridgehead atoms. The number of hydrogen-bond donors (Lipinski definition) is 2. The number of anilines is 2. The van der Waals surface area contributed by atoms with Gasteiger partial charge in [-0.15, -0.1) is 0 Å². The highest BCUT2D eigenvalue weighted by Crippen LogP contribution is 2.25. The molecule has 0 aliphatic carbocycles. The molecule has 1 aliphatic heterocycles. The second kappa shape index (κ2) is 9.78. The molecule has 1 fully saturated rings. The third-order valence-electron chi connectivity index (χ3n) is 5.24. The Labute approximate surface area is 177 Å². The van der Waals surface area contributed by atoms with Gasteiger partial charge in [-0.1, -0.05) is 27.2 Å². The molecular weight excluding hydrogens is 410 g/mol. The normalized spacial score (nSPS) is 18.0. The first-order valence-corrected chi connectivity index (χ1v) is 12.2. The van der Waals surface area contributed by atoms with Gasteiger partial charge in [-0.3, -0.25) is 19.1 Å². The third-order valence-corrected chi connectivity index (χ3v) is 6.51. The van der Waals surface area contributed by atoms with E-state index >= 15 is 0 Å². The summed E-state index contributed by atoms with van der Waals surface area (Å²) in [6.45, 7) is 6.80. The lowest BCUT2D eigenvalue weighted by Gasteiger charge is -2.34. The Kier molecular flexibility index (Phi) is 7.87. The quantitative estimate of drug-likeness (QED) is 0.603. The van der Waals surface area contributed by atoms with Gasteiger partial charge in [0.05, 0.1) is 12.2 Å². The summed E-state index contributed by atoms with van der Waals surface area (Å²) in [5.41, 5.74) is 4.85. The zero-order valence-corrected chi connectivity index (χ0v) is 19.0. The first-order valence-electron chi connectivity index (χ1n) is 10.4. The number of amides is 1. The van der Waals surface area contributed by atoms with Crippen LogP contribution in [0.4, 0.5) is 11.5 Å². The maximum absolute atomic E-state index is 13.4. The lowest BCUT2D eigenvalue weighted by molar-refractivity contribution is -0.123. The van der Waals surface area contributed by atoms with E-state index in [9.17, 15) is 22.8 Å². The molecule has 1 aromatic rings. The highest BCUT2D eigenvalue weighted by atomic mass is 32.2. The topological polar surface area (TPSA) is 139 Å². The molecule has 0 radical (unpaired) electrons. The Morgan fingerprint density at radius 1 is 1.33 bits per heavy atom. The summed E-state index contributed by atoms with van der Waals surface area (Å²) in [6, 6.07) is 0. The fourth-order valence-electron chi connectivity index (χ4n) is 3.70. The predicted octanol–water partition coefficient (Wildman–Crippen LogP) is 0.580. The summed E-state index contributed by atoms with van der Waals surface area (Å²) in [5, 5.41) is 0. The predicted molar refractivity (Wildman–Crippen MR) is 117 cm³/mol. The van der Waals surface area contributed by atoms with Crippen LogP contribution >= 0.6 is 0 Å². The van der Waals surface area contributed by atoms with E-state index in [-0.39, 0.29) is 36.4 Å². The molecular formula is C19H33N5O5S. The summed E-state index contributed by atoms with van der Waals surface area (Å²) in [7, 11) is -3.42. The lowest BCUT2D eigenvalue weighted by atomic mass is 9.97. The molecule has 2 rings (SSSR count). The van der Waals surface area contributed by atoms with Crippen molar-refractivity contribution in [2.45, 2.75) is 53.0 Å². The van der Waals surface area contributed by atoms with Crippen LogP contribution in [0.2, 0.25) is 0 Å². The molecule has 10 nitrogen and oxygen atoms in total. The van der Waals surface area contributed by atoms with Crippen LogP contribution in [0.5, 0.6) is 0 Å². The molecule has 11 heteroatoms. The number of aromatic amines is 1. The standard InChI is InChI=1S/C19H33N5O5S/c1-5-6-10-23(18(26)14-8-7-9-22(12-14)30(4,28)29)15-16(20)24(11-13(2)3)19(27)21-17(15)25/h13-14H,5-12,20H2,1-4H3,(H,21,25,27). The van der Waals surface area contributed by atoms with E-state index in [2.05, 4.69) is 4.98 Å². The average molecular weight is 444 g/mol. The van der Waals surface area contributed by atoms with Crippen molar-refractivity contribution < 1.29 is 13.2 Å². The van der Waals surface area contributed by atoms with Gasteiger partial charge in [0.1, 0.15) is 5.82 Å². The molecule has 2 heterocycles. The number of nitrogen functional groups attached to an aromatic ring is 1. The van der Waals surface area contributed by atoms with Crippen LogP contribution in [0.25, 0.3) is 0 Å². The van der Waals surface area contributed by atoms with Crippen molar-refractivity contribution in [2.75, 3.05) is 36.5 Å². The second-order valence-corrected chi connectivity index (χ2v) is 10.3. The Morgan fingerprint density at radius 3 is 2.57 bits per heavy atom. The molecule has 0 spiro atoms. The first kappa shape index (κ1) is 24.1. The lowest BCUT2D eigenvalue weighted by Crippen LogP contribution is -2.49. The zero-order valence-electron chi connectivity index (χ0n) is 18.2. The van der Waals surface area contributed by atoms with Gasteiger partial charge in [-0.2, -0.15) is 0 Å². The molecule has 3 N–H and O–H groups in total. The fraction of sp³-hybridized carbons (Fsp3) is 0.737. The average Bonchev–Trinajstić information content (AvgIpc) is 2.66. The maximum atomic E-state index is 13.4. The van der Waals surface area contributed by atoms with E-state index in [1.165, 1.54) is 13.8 Å². The van der Waals surface area contributed by atoms with E-state index in [1.54, 1.807) is 0 Å². The fourth-order valence-corrected chi connectivity index (χ4v) is 4.61. The van der Waals surface area contributed by atoms with Gasteiger partial charge in [0, 0.05) is 26.2 Å². The van der Waals surface area contributed by atoms with Gasteiger partial charge >= 0.3 is 5.69 Å². The number of sulfonamides is 1. The number of hydrogen-bond acceptors (Lipinski definition) is 6. The Morgan fingerprint density at radius 2 is 2.00 bits per heavy atom. The summed E-state index contributed by atoms with van der Waals surface area (Å²) in [5.74, 6) is -0.860. The number of rotatable bonds is 8.